The van der Waals surface area contributed by atoms with E-state index >= 15 is 0 Å². The fraction of sp³-hybridized carbons (Fsp3) is 0.462. The van der Waals surface area contributed by atoms with Crippen molar-refractivity contribution in [3.8, 4) is 0 Å². The van der Waals surface area contributed by atoms with E-state index in [4.69, 9.17) is 0 Å². The lowest BCUT2D eigenvalue weighted by molar-refractivity contribution is -0.112. The summed E-state index contributed by atoms with van der Waals surface area (Å²) >= 11 is 0. The first-order chi connectivity index (χ1) is 7.72. The number of aryl methyl sites for hydroxylation is 1. The Kier molecular flexibility index (Phi) is 3.34. The van der Waals surface area contributed by atoms with Crippen molar-refractivity contribution in [2.75, 3.05) is 13.1 Å². The van der Waals surface area contributed by atoms with Crippen LogP contribution in [0.25, 0.3) is 0 Å². The van der Waals surface area contributed by atoms with Gasteiger partial charge in [0.1, 0.15) is 12.1 Å². The molecule has 1 N–H and O–H groups in total. The van der Waals surface area contributed by atoms with E-state index in [1.54, 1.807) is 6.07 Å². The van der Waals surface area contributed by atoms with Gasteiger partial charge in [0.05, 0.1) is 0 Å². The lowest BCUT2D eigenvalue weighted by atomic mass is 9.81. The van der Waals surface area contributed by atoms with E-state index in [1.807, 2.05) is 19.1 Å². The first kappa shape index (κ1) is 11.3. The summed E-state index contributed by atoms with van der Waals surface area (Å²) in [5.41, 5.74) is 1.60. The Labute approximate surface area is 94.9 Å². The topological polar surface area (TPSA) is 29.1 Å². The van der Waals surface area contributed by atoms with Crippen molar-refractivity contribution >= 4 is 6.29 Å². The summed E-state index contributed by atoms with van der Waals surface area (Å²) in [6, 6.07) is 5.26. The molecule has 1 aliphatic heterocycles. The maximum atomic E-state index is 13.8. The molecule has 1 fully saturated rings. The molecule has 0 bridgehead atoms. The van der Waals surface area contributed by atoms with Crippen LogP contribution in [0.3, 0.4) is 0 Å². The van der Waals surface area contributed by atoms with Gasteiger partial charge in [0.25, 0.3) is 0 Å². The Morgan fingerprint density at radius 3 is 3.00 bits per heavy atom. The van der Waals surface area contributed by atoms with Gasteiger partial charge in [0, 0.05) is 12.5 Å². The van der Waals surface area contributed by atoms with Gasteiger partial charge in [0.15, 0.2) is 0 Å². The van der Waals surface area contributed by atoms with Crippen LogP contribution < -0.4 is 5.32 Å². The molecule has 1 saturated heterocycles. The van der Waals surface area contributed by atoms with Gasteiger partial charge in [-0.1, -0.05) is 12.1 Å². The van der Waals surface area contributed by atoms with Crippen LogP contribution in [0, 0.1) is 18.7 Å². The second-order valence-electron chi connectivity index (χ2n) is 4.42. The van der Waals surface area contributed by atoms with Gasteiger partial charge in [-0.25, -0.2) is 4.39 Å². The van der Waals surface area contributed by atoms with Crippen molar-refractivity contribution in [2.45, 2.75) is 19.3 Å². The summed E-state index contributed by atoms with van der Waals surface area (Å²) in [5, 5.41) is 3.16. The molecule has 16 heavy (non-hydrogen) atoms. The van der Waals surface area contributed by atoms with Crippen LogP contribution in [-0.2, 0) is 4.79 Å². The third-order valence-electron chi connectivity index (χ3n) is 3.26. The maximum absolute atomic E-state index is 13.8. The fourth-order valence-electron chi connectivity index (χ4n) is 2.34. The number of nitrogens with one attached hydrogen (secondary N) is 1. The number of aldehydes is 1. The Hall–Kier alpha value is -1.22. The monoisotopic (exact) mass is 221 g/mol. The molecule has 0 radical (unpaired) electrons. The van der Waals surface area contributed by atoms with Gasteiger partial charge < -0.3 is 10.1 Å². The molecule has 1 aliphatic rings. The summed E-state index contributed by atoms with van der Waals surface area (Å²) in [6.45, 7) is 3.37. The van der Waals surface area contributed by atoms with Crippen LogP contribution in [0.2, 0.25) is 0 Å². The lowest BCUT2D eigenvalue weighted by Crippen LogP contribution is -2.36. The minimum Gasteiger partial charge on any atom is -0.316 e. The summed E-state index contributed by atoms with van der Waals surface area (Å²) < 4.78 is 13.8. The average Bonchev–Trinajstić information content (AvgIpc) is 2.29. The van der Waals surface area contributed by atoms with Crippen LogP contribution in [0.1, 0.15) is 23.5 Å². The molecule has 0 aliphatic carbocycles. The van der Waals surface area contributed by atoms with E-state index in [-0.39, 0.29) is 17.7 Å². The molecule has 0 saturated carbocycles. The third-order valence-corrected chi connectivity index (χ3v) is 3.26. The quantitative estimate of drug-likeness (QED) is 0.774. The molecule has 3 heteroatoms. The zero-order valence-electron chi connectivity index (χ0n) is 9.37. The molecule has 2 rings (SSSR count). The molecule has 1 aromatic rings. The van der Waals surface area contributed by atoms with Gasteiger partial charge in [-0.3, -0.25) is 0 Å². The molecule has 0 amide bonds. The lowest BCUT2D eigenvalue weighted by Gasteiger charge is -2.29. The Morgan fingerprint density at radius 2 is 2.31 bits per heavy atom. The highest BCUT2D eigenvalue weighted by Gasteiger charge is 2.27. The number of rotatable bonds is 2. The van der Waals surface area contributed by atoms with Crippen molar-refractivity contribution in [3.05, 3.63) is 35.1 Å². The standard InChI is InChI=1S/C13H16FNO/c1-9-2-3-12(13(14)6-9)11-4-5-15-7-10(11)8-16/h2-3,6,8,10-11,15H,4-5,7H2,1H3/t10-,11-/m0/s1. The van der Waals surface area contributed by atoms with Gasteiger partial charge in [0.2, 0.25) is 0 Å². The van der Waals surface area contributed by atoms with Gasteiger partial charge in [-0.2, -0.15) is 0 Å². The zero-order valence-corrected chi connectivity index (χ0v) is 9.37. The second-order valence-corrected chi connectivity index (χ2v) is 4.42. The van der Waals surface area contributed by atoms with Crippen molar-refractivity contribution in [3.63, 3.8) is 0 Å². The summed E-state index contributed by atoms with van der Waals surface area (Å²) in [7, 11) is 0. The molecule has 0 aromatic heterocycles. The predicted molar refractivity (Wildman–Crippen MR) is 60.9 cm³/mol. The normalized spacial score (nSPS) is 25.4. The largest absolute Gasteiger partial charge is 0.316 e. The molecule has 86 valence electrons. The number of carbonyl (C=O) groups excluding carboxylic acids is 1. The van der Waals surface area contributed by atoms with E-state index in [1.165, 1.54) is 0 Å². The molecular formula is C13H16FNO. The average molecular weight is 221 g/mol. The van der Waals surface area contributed by atoms with E-state index in [0.717, 1.165) is 24.8 Å². The summed E-state index contributed by atoms with van der Waals surface area (Å²) in [5.74, 6) is -0.260. The summed E-state index contributed by atoms with van der Waals surface area (Å²) in [6.07, 6.45) is 1.76. The Bertz CT molecular complexity index is 392. The number of carbonyl (C=O) groups is 1. The molecule has 1 aromatic carbocycles. The highest BCUT2D eigenvalue weighted by atomic mass is 19.1. The SMILES string of the molecule is Cc1ccc([C@H]2CCNC[C@H]2C=O)c(F)c1. The minimum absolute atomic E-state index is 0.0272. The molecular weight excluding hydrogens is 205 g/mol. The second kappa shape index (κ2) is 4.74. The van der Waals surface area contributed by atoms with E-state index in [9.17, 15) is 9.18 Å². The van der Waals surface area contributed by atoms with Crippen LogP contribution in [0.5, 0.6) is 0 Å². The van der Waals surface area contributed by atoms with Gasteiger partial charge in [-0.15, -0.1) is 0 Å². The van der Waals surface area contributed by atoms with Crippen LogP contribution in [0.4, 0.5) is 4.39 Å². The fourth-order valence-corrected chi connectivity index (χ4v) is 2.34. The molecule has 1 heterocycles. The van der Waals surface area contributed by atoms with Crippen molar-refractivity contribution in [1.29, 1.82) is 0 Å². The van der Waals surface area contributed by atoms with Crippen LogP contribution >= 0.6 is 0 Å². The van der Waals surface area contributed by atoms with Crippen molar-refractivity contribution < 1.29 is 9.18 Å². The van der Waals surface area contributed by atoms with Crippen molar-refractivity contribution in [1.82, 2.24) is 5.32 Å². The number of piperidine rings is 1. The number of halogens is 1. The third kappa shape index (κ3) is 2.14. The van der Waals surface area contributed by atoms with Crippen LogP contribution in [-0.4, -0.2) is 19.4 Å². The van der Waals surface area contributed by atoms with Crippen LogP contribution in [0.15, 0.2) is 18.2 Å². The number of benzene rings is 1. The van der Waals surface area contributed by atoms with Crippen molar-refractivity contribution in [2.24, 2.45) is 5.92 Å². The molecule has 0 spiro atoms. The van der Waals surface area contributed by atoms with Gasteiger partial charge >= 0.3 is 0 Å². The summed E-state index contributed by atoms with van der Waals surface area (Å²) in [4.78, 5) is 11.0. The first-order valence-corrected chi connectivity index (χ1v) is 5.64. The number of hydrogen-bond acceptors (Lipinski definition) is 2. The Balaban J connectivity index is 2.30. The highest BCUT2D eigenvalue weighted by Crippen LogP contribution is 2.31. The van der Waals surface area contributed by atoms with E-state index in [2.05, 4.69) is 5.32 Å². The first-order valence-electron chi connectivity index (χ1n) is 5.64. The zero-order chi connectivity index (χ0) is 11.5. The Morgan fingerprint density at radius 1 is 1.50 bits per heavy atom. The smallest absolute Gasteiger partial charge is 0.126 e. The molecule has 0 unspecified atom stereocenters. The highest BCUT2D eigenvalue weighted by molar-refractivity contribution is 5.57. The maximum Gasteiger partial charge on any atom is 0.126 e. The number of hydrogen-bond donors (Lipinski definition) is 1. The molecule has 2 atom stereocenters. The van der Waals surface area contributed by atoms with E-state index in [0.29, 0.717) is 12.1 Å². The molecule has 2 nitrogen and oxygen atoms in total. The van der Waals surface area contributed by atoms with Gasteiger partial charge in [-0.05, 0) is 43.0 Å². The predicted octanol–water partition coefficient (Wildman–Crippen LogP) is 2.03. The van der Waals surface area contributed by atoms with E-state index < -0.39 is 0 Å². The minimum atomic E-state index is -0.182.